The molecule has 0 saturated heterocycles. The summed E-state index contributed by atoms with van der Waals surface area (Å²) in [4.78, 5) is 37.2. The number of hydrogen-bond acceptors (Lipinski definition) is 4. The van der Waals surface area contributed by atoms with Gasteiger partial charge in [0.15, 0.2) is 11.6 Å². The van der Waals surface area contributed by atoms with Crippen LogP contribution in [0.4, 0.5) is 33.7 Å². The highest BCUT2D eigenvalue weighted by Crippen LogP contribution is 2.34. The maximum atomic E-state index is 14.2. The molecular formula is C27H17F4N5O2. The Morgan fingerprint density at radius 3 is 2.47 bits per heavy atom. The maximum absolute atomic E-state index is 14.2. The van der Waals surface area contributed by atoms with Crippen LogP contribution in [0.2, 0.25) is 0 Å². The van der Waals surface area contributed by atoms with E-state index in [0.29, 0.717) is 22.7 Å². The summed E-state index contributed by atoms with van der Waals surface area (Å²) in [7, 11) is 0. The number of pyridine rings is 2. The number of nitrogens with zero attached hydrogens (tertiary/aromatic N) is 2. The third-order valence-corrected chi connectivity index (χ3v) is 5.71. The van der Waals surface area contributed by atoms with Gasteiger partial charge in [-0.3, -0.25) is 9.78 Å². The zero-order valence-corrected chi connectivity index (χ0v) is 19.3. The van der Waals surface area contributed by atoms with E-state index in [-0.39, 0.29) is 17.0 Å². The van der Waals surface area contributed by atoms with Gasteiger partial charge in [0.25, 0.3) is 0 Å². The second-order valence-corrected chi connectivity index (χ2v) is 8.22. The van der Waals surface area contributed by atoms with E-state index < -0.39 is 29.3 Å². The Labute approximate surface area is 212 Å². The van der Waals surface area contributed by atoms with Crippen molar-refractivity contribution in [3.05, 3.63) is 108 Å². The maximum Gasteiger partial charge on any atom is 0.419 e. The minimum Gasteiger partial charge on any atom is -0.345 e. The number of H-pyrrole nitrogens is 1. The molecule has 0 aliphatic carbocycles. The van der Waals surface area contributed by atoms with Gasteiger partial charge in [-0.15, -0.1) is 0 Å². The van der Waals surface area contributed by atoms with Crippen LogP contribution < -0.4 is 10.6 Å². The van der Waals surface area contributed by atoms with Crippen molar-refractivity contribution >= 4 is 34.2 Å². The Morgan fingerprint density at radius 2 is 1.71 bits per heavy atom. The van der Waals surface area contributed by atoms with Gasteiger partial charge in [0.05, 0.1) is 11.3 Å². The Bertz CT molecular complexity index is 1670. The van der Waals surface area contributed by atoms with E-state index >= 15 is 0 Å². The smallest absolute Gasteiger partial charge is 0.345 e. The number of ketones is 1. The third-order valence-electron chi connectivity index (χ3n) is 5.71. The summed E-state index contributed by atoms with van der Waals surface area (Å²) in [5.74, 6) is -1.95. The van der Waals surface area contributed by atoms with Gasteiger partial charge in [0.2, 0.25) is 0 Å². The lowest BCUT2D eigenvalue weighted by Gasteiger charge is -2.13. The lowest BCUT2D eigenvalue weighted by Crippen LogP contribution is -2.21. The van der Waals surface area contributed by atoms with Gasteiger partial charge in [-0.05, 0) is 36.4 Å². The minimum absolute atomic E-state index is 0.176. The highest BCUT2D eigenvalue weighted by molar-refractivity contribution is 6.16. The summed E-state index contributed by atoms with van der Waals surface area (Å²) in [6.07, 6.45) is 1.63. The van der Waals surface area contributed by atoms with Crippen LogP contribution >= 0.6 is 0 Å². The molecule has 0 fully saturated rings. The van der Waals surface area contributed by atoms with Crippen molar-refractivity contribution < 1.29 is 27.2 Å². The predicted molar refractivity (Wildman–Crippen MR) is 133 cm³/mol. The second kappa shape index (κ2) is 9.77. The summed E-state index contributed by atoms with van der Waals surface area (Å²) < 4.78 is 53.1. The summed E-state index contributed by atoms with van der Waals surface area (Å²) in [5, 5.41) is 5.06. The number of halogens is 4. The first-order valence-corrected chi connectivity index (χ1v) is 11.2. The molecule has 0 bridgehead atoms. The Kier molecular flexibility index (Phi) is 6.33. The number of aromatic nitrogens is 3. The van der Waals surface area contributed by atoms with Crippen molar-refractivity contribution in [3.63, 3.8) is 0 Å². The fourth-order valence-electron chi connectivity index (χ4n) is 3.91. The number of alkyl halides is 3. The first-order valence-electron chi connectivity index (χ1n) is 11.2. The van der Waals surface area contributed by atoms with Crippen LogP contribution in [0.3, 0.4) is 0 Å². The van der Waals surface area contributed by atoms with Crippen molar-refractivity contribution in [2.45, 2.75) is 6.18 Å². The van der Waals surface area contributed by atoms with Crippen LogP contribution in [0.5, 0.6) is 0 Å². The van der Waals surface area contributed by atoms with E-state index in [2.05, 4.69) is 25.6 Å². The molecule has 5 rings (SSSR count). The van der Waals surface area contributed by atoms with Crippen LogP contribution in [-0.2, 0) is 6.18 Å². The molecule has 7 nitrogen and oxygen atoms in total. The molecule has 0 saturated carbocycles. The number of urea groups is 1. The van der Waals surface area contributed by atoms with Crippen molar-refractivity contribution in [3.8, 4) is 11.1 Å². The number of anilines is 2. The summed E-state index contributed by atoms with van der Waals surface area (Å²) in [5.41, 5.74) is 0.742. The SMILES string of the molecule is O=C(Nc1cccc(C(=O)c2c[nH]c3ncc(-c4cccnc4)cc23)c1)Nc1cccc(C(F)(F)F)c1F. The monoisotopic (exact) mass is 519 g/mol. The molecule has 0 radical (unpaired) electrons. The van der Waals surface area contributed by atoms with Gasteiger partial charge in [-0.1, -0.05) is 24.3 Å². The fraction of sp³-hybridized carbons (Fsp3) is 0.0370. The zero-order chi connectivity index (χ0) is 26.9. The lowest BCUT2D eigenvalue weighted by molar-refractivity contribution is -0.139. The van der Waals surface area contributed by atoms with Gasteiger partial charge in [-0.2, -0.15) is 13.2 Å². The average molecular weight is 519 g/mol. The Morgan fingerprint density at radius 1 is 0.895 bits per heavy atom. The summed E-state index contributed by atoms with van der Waals surface area (Å²) in [6, 6.07) is 13.0. The Hall–Kier alpha value is -5.06. The number of carbonyl (C=O) groups excluding carboxylic acids is 2. The van der Waals surface area contributed by atoms with Crippen molar-refractivity contribution in [2.24, 2.45) is 0 Å². The molecule has 190 valence electrons. The predicted octanol–water partition coefficient (Wildman–Crippen LogP) is 6.66. The van der Waals surface area contributed by atoms with Crippen LogP contribution in [0.1, 0.15) is 21.5 Å². The highest BCUT2D eigenvalue weighted by atomic mass is 19.4. The molecular weight excluding hydrogens is 502 g/mol. The topological polar surface area (TPSA) is 99.8 Å². The van der Waals surface area contributed by atoms with Crippen LogP contribution in [0.15, 0.2) is 85.5 Å². The number of amides is 2. The van der Waals surface area contributed by atoms with Gasteiger partial charge < -0.3 is 15.6 Å². The standard InChI is InChI=1S/C27H17F4N5O2/c28-23-21(27(29,30)31)7-2-8-22(23)36-26(38)35-18-6-1-4-15(10-18)24(37)20-14-34-25-19(20)11-17(13-33-25)16-5-3-9-32-12-16/h1-14H,(H,33,34)(H2,35,36,38). The normalized spacial score (nSPS) is 11.4. The number of rotatable bonds is 5. The van der Waals surface area contributed by atoms with Crippen molar-refractivity contribution in [2.75, 3.05) is 10.6 Å². The summed E-state index contributed by atoms with van der Waals surface area (Å²) in [6.45, 7) is 0. The second-order valence-electron chi connectivity index (χ2n) is 8.22. The fourth-order valence-corrected chi connectivity index (χ4v) is 3.91. The molecule has 11 heteroatoms. The number of benzene rings is 2. The van der Waals surface area contributed by atoms with Crippen molar-refractivity contribution in [1.29, 1.82) is 0 Å². The first-order chi connectivity index (χ1) is 18.2. The molecule has 0 spiro atoms. The molecule has 0 unspecified atom stereocenters. The van der Waals surface area contributed by atoms with E-state index in [1.54, 1.807) is 30.7 Å². The lowest BCUT2D eigenvalue weighted by atomic mass is 10.0. The average Bonchev–Trinajstić information content (AvgIpc) is 3.33. The first kappa shape index (κ1) is 24.6. The molecule has 3 aromatic heterocycles. The molecule has 0 aliphatic rings. The largest absolute Gasteiger partial charge is 0.419 e. The molecule has 0 aliphatic heterocycles. The molecule has 38 heavy (non-hydrogen) atoms. The van der Waals surface area contributed by atoms with Crippen LogP contribution in [0, 0.1) is 5.82 Å². The van der Waals surface area contributed by atoms with Crippen LogP contribution in [-0.4, -0.2) is 26.8 Å². The quantitative estimate of drug-likeness (QED) is 0.179. The van der Waals surface area contributed by atoms with E-state index in [1.165, 1.54) is 24.4 Å². The molecule has 3 N–H and O–H groups in total. The van der Waals surface area contributed by atoms with Gasteiger partial charge in [0.1, 0.15) is 5.65 Å². The highest BCUT2D eigenvalue weighted by Gasteiger charge is 2.35. The van der Waals surface area contributed by atoms with E-state index in [9.17, 15) is 27.2 Å². The Balaban J connectivity index is 1.37. The van der Waals surface area contributed by atoms with Gasteiger partial charge in [0, 0.05) is 58.1 Å². The minimum atomic E-state index is -4.91. The number of nitrogens with one attached hydrogen (secondary N) is 3. The van der Waals surface area contributed by atoms with E-state index in [0.717, 1.165) is 23.3 Å². The van der Waals surface area contributed by atoms with Crippen LogP contribution in [0.25, 0.3) is 22.2 Å². The molecule has 3 heterocycles. The number of aromatic amines is 1. The van der Waals surface area contributed by atoms with Gasteiger partial charge >= 0.3 is 12.2 Å². The molecule has 2 amide bonds. The van der Waals surface area contributed by atoms with Crippen molar-refractivity contribution in [1.82, 2.24) is 15.0 Å². The number of carbonyl (C=O) groups is 2. The third kappa shape index (κ3) is 4.94. The number of fused-ring (bicyclic) bond motifs is 1. The number of hydrogen-bond donors (Lipinski definition) is 3. The molecule has 5 aromatic rings. The zero-order valence-electron chi connectivity index (χ0n) is 19.3. The van der Waals surface area contributed by atoms with E-state index in [4.69, 9.17) is 0 Å². The summed E-state index contributed by atoms with van der Waals surface area (Å²) >= 11 is 0. The van der Waals surface area contributed by atoms with E-state index in [1.807, 2.05) is 12.1 Å². The molecule has 2 aromatic carbocycles. The molecule has 0 atom stereocenters. The van der Waals surface area contributed by atoms with Gasteiger partial charge in [-0.25, -0.2) is 14.2 Å².